The lowest BCUT2D eigenvalue weighted by molar-refractivity contribution is 1.25. The van der Waals surface area contributed by atoms with Gasteiger partial charge in [-0.15, -0.1) is 0 Å². The molecule has 60 valence electrons. The SMILES string of the molecule is [S-]c1nc(-c2ccncc2)cs1. The molecule has 0 spiro atoms. The highest BCUT2D eigenvalue weighted by Gasteiger charge is 1.95. The second kappa shape index (κ2) is 3.16. The van der Waals surface area contributed by atoms with Crippen molar-refractivity contribution in [3.8, 4) is 11.3 Å². The highest BCUT2D eigenvalue weighted by molar-refractivity contribution is 7.62. The van der Waals surface area contributed by atoms with Crippen molar-refractivity contribution in [3.05, 3.63) is 29.9 Å². The summed E-state index contributed by atoms with van der Waals surface area (Å²) in [7, 11) is 0. The summed E-state index contributed by atoms with van der Waals surface area (Å²) in [5.41, 5.74) is 2.00. The molecule has 0 aliphatic rings. The maximum absolute atomic E-state index is 4.92. The summed E-state index contributed by atoms with van der Waals surface area (Å²) in [5.74, 6) is 0. The first-order valence-corrected chi connectivity index (χ1v) is 4.68. The van der Waals surface area contributed by atoms with Crippen LogP contribution in [0.2, 0.25) is 0 Å². The standard InChI is InChI=1S/C8H6N2S2/c11-8-10-7(5-12-8)6-1-3-9-4-2-6/h1-5H,(H,10,11)/p-1. The molecule has 0 saturated heterocycles. The van der Waals surface area contributed by atoms with E-state index in [9.17, 15) is 0 Å². The topological polar surface area (TPSA) is 25.8 Å². The first-order chi connectivity index (χ1) is 5.86. The number of rotatable bonds is 1. The lowest BCUT2D eigenvalue weighted by Crippen LogP contribution is -1.77. The molecule has 0 fully saturated rings. The van der Waals surface area contributed by atoms with Gasteiger partial charge in [-0.2, -0.15) is 0 Å². The second-order valence-electron chi connectivity index (χ2n) is 2.23. The van der Waals surface area contributed by atoms with Crippen LogP contribution in [0.3, 0.4) is 0 Å². The molecule has 2 heterocycles. The van der Waals surface area contributed by atoms with E-state index in [4.69, 9.17) is 12.6 Å². The van der Waals surface area contributed by atoms with E-state index in [1.165, 1.54) is 11.3 Å². The molecule has 2 aromatic rings. The highest BCUT2D eigenvalue weighted by Crippen LogP contribution is 2.20. The van der Waals surface area contributed by atoms with Gasteiger partial charge >= 0.3 is 0 Å². The van der Waals surface area contributed by atoms with E-state index in [1.807, 2.05) is 17.5 Å². The van der Waals surface area contributed by atoms with E-state index in [1.54, 1.807) is 12.4 Å². The quantitative estimate of drug-likeness (QED) is 0.649. The molecule has 0 N–H and O–H groups in total. The summed E-state index contributed by atoms with van der Waals surface area (Å²) < 4.78 is 0.682. The summed E-state index contributed by atoms with van der Waals surface area (Å²) in [6.07, 6.45) is 3.50. The van der Waals surface area contributed by atoms with Gasteiger partial charge in [0.05, 0.1) is 5.69 Å². The highest BCUT2D eigenvalue weighted by atomic mass is 32.2. The molecule has 2 nitrogen and oxygen atoms in total. The first-order valence-electron chi connectivity index (χ1n) is 3.39. The number of aromatic nitrogens is 2. The monoisotopic (exact) mass is 193 g/mol. The third-order valence-corrected chi connectivity index (χ3v) is 2.47. The van der Waals surface area contributed by atoms with E-state index >= 15 is 0 Å². The van der Waals surface area contributed by atoms with Gasteiger partial charge in [0, 0.05) is 18.0 Å². The van der Waals surface area contributed by atoms with Crippen LogP contribution in [-0.2, 0) is 12.6 Å². The molecule has 0 saturated carbocycles. The minimum atomic E-state index is 0.682. The predicted octanol–water partition coefficient (Wildman–Crippen LogP) is 2.11. The third-order valence-electron chi connectivity index (χ3n) is 1.46. The Labute approximate surface area is 79.7 Å². The molecule has 2 aromatic heterocycles. The van der Waals surface area contributed by atoms with Gasteiger partial charge in [-0.05, 0) is 16.5 Å². The Morgan fingerprint density at radius 1 is 1.25 bits per heavy atom. The Morgan fingerprint density at radius 2 is 2.00 bits per heavy atom. The van der Waals surface area contributed by atoms with E-state index in [2.05, 4.69) is 9.97 Å². The van der Waals surface area contributed by atoms with Crippen molar-refractivity contribution in [3.63, 3.8) is 0 Å². The third kappa shape index (κ3) is 1.44. The van der Waals surface area contributed by atoms with Gasteiger partial charge in [0.1, 0.15) is 0 Å². The number of pyridine rings is 1. The lowest BCUT2D eigenvalue weighted by Gasteiger charge is -1.94. The average molecular weight is 193 g/mol. The molecule has 4 heteroatoms. The van der Waals surface area contributed by atoms with Crippen LogP contribution in [0, 0.1) is 0 Å². The summed E-state index contributed by atoms with van der Waals surface area (Å²) in [4.78, 5) is 8.11. The van der Waals surface area contributed by atoms with Crippen molar-refractivity contribution in [1.29, 1.82) is 0 Å². The van der Waals surface area contributed by atoms with Crippen molar-refractivity contribution in [2.24, 2.45) is 0 Å². The van der Waals surface area contributed by atoms with Gasteiger partial charge in [0.15, 0.2) is 0 Å². The van der Waals surface area contributed by atoms with Crippen LogP contribution in [-0.4, -0.2) is 9.97 Å². The fourth-order valence-corrected chi connectivity index (χ4v) is 1.71. The van der Waals surface area contributed by atoms with Crippen molar-refractivity contribution < 1.29 is 0 Å². The molecule has 2 rings (SSSR count). The van der Waals surface area contributed by atoms with Gasteiger partial charge in [0.25, 0.3) is 0 Å². The Hall–Kier alpha value is -1.00. The smallest absolute Gasteiger partial charge is 0.0601 e. The van der Waals surface area contributed by atoms with Crippen molar-refractivity contribution >= 4 is 24.0 Å². The Morgan fingerprint density at radius 3 is 2.58 bits per heavy atom. The molecule has 0 atom stereocenters. The van der Waals surface area contributed by atoms with Gasteiger partial charge in [-0.25, -0.2) is 0 Å². The van der Waals surface area contributed by atoms with Crippen LogP contribution in [0.4, 0.5) is 0 Å². The summed E-state index contributed by atoms with van der Waals surface area (Å²) in [6, 6.07) is 3.84. The van der Waals surface area contributed by atoms with Gasteiger partial charge in [0.2, 0.25) is 0 Å². The normalized spacial score (nSPS) is 10.0. The van der Waals surface area contributed by atoms with E-state index in [0.717, 1.165) is 11.3 Å². The van der Waals surface area contributed by atoms with Crippen LogP contribution < -0.4 is 0 Å². The van der Waals surface area contributed by atoms with Crippen molar-refractivity contribution in [2.75, 3.05) is 0 Å². The largest absolute Gasteiger partial charge is 0.408 e. The van der Waals surface area contributed by atoms with Crippen LogP contribution in [0.25, 0.3) is 11.3 Å². The Balaban J connectivity index is 2.45. The molecule has 0 aliphatic carbocycles. The summed E-state index contributed by atoms with van der Waals surface area (Å²) in [5, 5.41) is 1.96. The maximum Gasteiger partial charge on any atom is 0.0601 e. The lowest BCUT2D eigenvalue weighted by atomic mass is 10.2. The summed E-state index contributed by atoms with van der Waals surface area (Å²) in [6.45, 7) is 0. The maximum atomic E-state index is 4.92. The van der Waals surface area contributed by atoms with E-state index < -0.39 is 0 Å². The molecular formula is C8H5N2S2-. The summed E-state index contributed by atoms with van der Waals surface area (Å²) >= 11 is 6.41. The molecular weight excluding hydrogens is 188 g/mol. The number of hydrogen-bond donors (Lipinski definition) is 0. The van der Waals surface area contributed by atoms with Crippen LogP contribution in [0.15, 0.2) is 34.2 Å². The zero-order valence-electron chi connectivity index (χ0n) is 6.10. The number of thiazole rings is 1. The predicted molar refractivity (Wildman–Crippen MR) is 51.0 cm³/mol. The fraction of sp³-hybridized carbons (Fsp3) is 0. The number of nitrogens with zero attached hydrogens (tertiary/aromatic N) is 2. The average Bonchev–Trinajstić information content (AvgIpc) is 2.54. The Kier molecular flexibility index (Phi) is 2.01. The molecule has 0 unspecified atom stereocenters. The van der Waals surface area contributed by atoms with Gasteiger partial charge in [-0.1, -0.05) is 5.38 Å². The van der Waals surface area contributed by atoms with E-state index in [0.29, 0.717) is 4.34 Å². The zero-order chi connectivity index (χ0) is 8.39. The minimum absolute atomic E-state index is 0.682. The zero-order valence-corrected chi connectivity index (χ0v) is 7.73. The molecule has 0 bridgehead atoms. The van der Waals surface area contributed by atoms with Crippen LogP contribution in [0.1, 0.15) is 0 Å². The van der Waals surface area contributed by atoms with Gasteiger partial charge < -0.3 is 24.0 Å². The van der Waals surface area contributed by atoms with E-state index in [-0.39, 0.29) is 0 Å². The minimum Gasteiger partial charge on any atom is -0.408 e. The van der Waals surface area contributed by atoms with Crippen LogP contribution in [0.5, 0.6) is 0 Å². The fourth-order valence-electron chi connectivity index (χ4n) is 0.913. The molecule has 0 amide bonds. The van der Waals surface area contributed by atoms with Crippen molar-refractivity contribution in [1.82, 2.24) is 9.97 Å². The Bertz CT molecular complexity index is 370. The molecule has 0 aliphatic heterocycles. The van der Waals surface area contributed by atoms with Crippen LogP contribution >= 0.6 is 11.3 Å². The first kappa shape index (κ1) is 7.64. The molecule has 0 radical (unpaired) electrons. The molecule has 0 aromatic carbocycles. The molecule has 12 heavy (non-hydrogen) atoms. The van der Waals surface area contributed by atoms with Gasteiger partial charge in [-0.3, -0.25) is 9.97 Å². The second-order valence-corrected chi connectivity index (χ2v) is 3.74. The van der Waals surface area contributed by atoms with Crippen molar-refractivity contribution in [2.45, 2.75) is 4.34 Å². The number of hydrogen-bond acceptors (Lipinski definition) is 4.